The molecule has 5 nitrogen and oxygen atoms in total. The Morgan fingerprint density at radius 1 is 0.966 bits per heavy atom. The largest absolute Gasteiger partial charge is 0.355 e. The molecule has 1 heterocycles. The number of nitrogens with one attached hydrogen (secondary N) is 2. The van der Waals surface area contributed by atoms with Crippen LogP contribution in [-0.2, 0) is 11.2 Å². The molecular weight excluding hydrogens is 450 g/mol. The molecule has 0 aliphatic carbocycles. The van der Waals surface area contributed by atoms with Gasteiger partial charge in [-0.2, -0.15) is 0 Å². The zero-order valence-corrected chi connectivity index (χ0v) is 18.0. The summed E-state index contributed by atoms with van der Waals surface area (Å²) in [6.07, 6.45) is 1.92. The Kier molecular flexibility index (Phi) is 7.84. The Morgan fingerprint density at radius 2 is 1.72 bits per heavy atom. The van der Waals surface area contributed by atoms with Gasteiger partial charge in [-0.3, -0.25) is 9.59 Å². The highest BCUT2D eigenvalue weighted by atomic mass is 79.9. The van der Waals surface area contributed by atoms with Crippen molar-refractivity contribution in [1.82, 2.24) is 10.3 Å². The third-order valence-corrected chi connectivity index (χ3v) is 5.46. The molecule has 0 saturated carbocycles. The van der Waals surface area contributed by atoms with Crippen molar-refractivity contribution < 1.29 is 9.59 Å². The lowest BCUT2D eigenvalue weighted by Crippen LogP contribution is -2.27. The van der Waals surface area contributed by atoms with E-state index >= 15 is 0 Å². The molecule has 2 aromatic carbocycles. The molecule has 29 heavy (non-hydrogen) atoms. The van der Waals surface area contributed by atoms with Gasteiger partial charge in [0.1, 0.15) is 0 Å². The van der Waals surface area contributed by atoms with Gasteiger partial charge in [0.2, 0.25) is 5.91 Å². The minimum atomic E-state index is -0.194. The summed E-state index contributed by atoms with van der Waals surface area (Å²) in [6.45, 7) is 0.554. The Labute approximate surface area is 182 Å². The molecule has 0 bridgehead atoms. The number of amides is 2. The molecule has 0 aliphatic heterocycles. The van der Waals surface area contributed by atoms with Gasteiger partial charge in [0.15, 0.2) is 0 Å². The van der Waals surface area contributed by atoms with Crippen LogP contribution in [0.3, 0.4) is 0 Å². The minimum Gasteiger partial charge on any atom is -0.355 e. The molecule has 0 spiro atoms. The molecule has 0 saturated heterocycles. The van der Waals surface area contributed by atoms with E-state index in [-0.39, 0.29) is 11.8 Å². The van der Waals surface area contributed by atoms with Gasteiger partial charge in [-0.15, -0.1) is 11.8 Å². The molecule has 7 heteroatoms. The topological polar surface area (TPSA) is 71.1 Å². The summed E-state index contributed by atoms with van der Waals surface area (Å²) < 4.78 is 0.995. The Hall–Kier alpha value is -2.64. The number of halogens is 1. The standard InChI is InChI=1S/C22H20BrN3O2S/c23-18-9-6-16(7-10-18)14-20(27)24-12-13-29-21-11-8-17(15-25-21)22(28)26-19-4-2-1-3-5-19/h1-11,15H,12-14H2,(H,24,27)(H,26,28). The average molecular weight is 470 g/mol. The Bertz CT molecular complexity index is 948. The predicted octanol–water partition coefficient (Wildman–Crippen LogP) is 4.55. The van der Waals surface area contributed by atoms with Crippen LogP contribution in [0.15, 0.2) is 82.4 Å². The number of pyridine rings is 1. The van der Waals surface area contributed by atoms with Gasteiger partial charge < -0.3 is 10.6 Å². The van der Waals surface area contributed by atoms with Crippen molar-refractivity contribution in [2.45, 2.75) is 11.4 Å². The first-order valence-corrected chi connectivity index (χ1v) is 10.8. The van der Waals surface area contributed by atoms with Crippen molar-refractivity contribution in [3.8, 4) is 0 Å². The number of thioether (sulfide) groups is 1. The number of anilines is 1. The summed E-state index contributed by atoms with van der Waals surface area (Å²) in [5, 5.41) is 6.55. The highest BCUT2D eigenvalue weighted by Crippen LogP contribution is 2.16. The van der Waals surface area contributed by atoms with Gasteiger partial charge in [0, 0.05) is 28.7 Å². The van der Waals surface area contributed by atoms with E-state index in [4.69, 9.17) is 0 Å². The van der Waals surface area contributed by atoms with Crippen molar-refractivity contribution in [3.05, 3.63) is 88.5 Å². The molecule has 3 aromatic rings. The van der Waals surface area contributed by atoms with Crippen LogP contribution in [0.25, 0.3) is 0 Å². The third-order valence-electron chi connectivity index (χ3n) is 3.98. The summed E-state index contributed by atoms with van der Waals surface area (Å²) in [4.78, 5) is 28.5. The highest BCUT2D eigenvalue weighted by molar-refractivity contribution is 9.10. The van der Waals surface area contributed by atoms with E-state index in [0.29, 0.717) is 24.3 Å². The van der Waals surface area contributed by atoms with Gasteiger partial charge in [-0.1, -0.05) is 46.3 Å². The normalized spacial score (nSPS) is 10.4. The summed E-state index contributed by atoms with van der Waals surface area (Å²) in [5.41, 5.74) is 2.22. The first-order valence-electron chi connectivity index (χ1n) is 9.06. The smallest absolute Gasteiger partial charge is 0.257 e. The maximum Gasteiger partial charge on any atom is 0.257 e. The Morgan fingerprint density at radius 3 is 2.41 bits per heavy atom. The van der Waals surface area contributed by atoms with Gasteiger partial charge >= 0.3 is 0 Å². The van der Waals surface area contributed by atoms with Crippen molar-refractivity contribution in [1.29, 1.82) is 0 Å². The minimum absolute atomic E-state index is 0.00573. The lowest BCUT2D eigenvalue weighted by atomic mass is 10.1. The number of carbonyl (C=O) groups excluding carboxylic acids is 2. The zero-order chi connectivity index (χ0) is 20.5. The highest BCUT2D eigenvalue weighted by Gasteiger charge is 2.07. The fraction of sp³-hybridized carbons (Fsp3) is 0.136. The van der Waals surface area contributed by atoms with E-state index in [9.17, 15) is 9.59 Å². The van der Waals surface area contributed by atoms with E-state index < -0.39 is 0 Å². The molecule has 2 amide bonds. The fourth-order valence-electron chi connectivity index (χ4n) is 2.52. The molecule has 2 N–H and O–H groups in total. The average Bonchev–Trinajstić information content (AvgIpc) is 2.74. The summed E-state index contributed by atoms with van der Waals surface area (Å²) in [6, 6.07) is 20.6. The van der Waals surface area contributed by atoms with Crippen LogP contribution in [0.5, 0.6) is 0 Å². The van der Waals surface area contributed by atoms with Crippen molar-refractivity contribution >= 4 is 45.2 Å². The van der Waals surface area contributed by atoms with Crippen LogP contribution in [0.4, 0.5) is 5.69 Å². The molecular formula is C22H20BrN3O2S. The maximum atomic E-state index is 12.2. The number of hydrogen-bond acceptors (Lipinski definition) is 4. The predicted molar refractivity (Wildman–Crippen MR) is 120 cm³/mol. The SMILES string of the molecule is O=C(Cc1ccc(Br)cc1)NCCSc1ccc(C(=O)Nc2ccccc2)cn1. The van der Waals surface area contributed by atoms with Crippen LogP contribution in [-0.4, -0.2) is 29.1 Å². The molecule has 3 rings (SSSR count). The van der Waals surface area contributed by atoms with Crippen LogP contribution in [0.2, 0.25) is 0 Å². The van der Waals surface area contributed by atoms with Crippen LogP contribution in [0, 0.1) is 0 Å². The van der Waals surface area contributed by atoms with Gasteiger partial charge in [-0.25, -0.2) is 4.98 Å². The van der Waals surface area contributed by atoms with Crippen LogP contribution >= 0.6 is 27.7 Å². The molecule has 0 aliphatic rings. The van der Waals surface area contributed by atoms with E-state index in [1.54, 1.807) is 12.3 Å². The Balaban J connectivity index is 1.39. The second kappa shape index (κ2) is 10.8. The van der Waals surface area contributed by atoms with Crippen LogP contribution < -0.4 is 10.6 Å². The quantitative estimate of drug-likeness (QED) is 0.375. The molecule has 0 radical (unpaired) electrons. The maximum absolute atomic E-state index is 12.2. The number of para-hydroxylation sites is 1. The summed E-state index contributed by atoms with van der Waals surface area (Å²) in [7, 11) is 0. The molecule has 0 atom stereocenters. The first kappa shape index (κ1) is 21.1. The lowest BCUT2D eigenvalue weighted by molar-refractivity contribution is -0.120. The molecule has 148 valence electrons. The molecule has 0 unspecified atom stereocenters. The van der Waals surface area contributed by atoms with Crippen molar-refractivity contribution in [2.24, 2.45) is 0 Å². The third kappa shape index (κ3) is 7.03. The lowest BCUT2D eigenvalue weighted by Gasteiger charge is -2.07. The second-order valence-electron chi connectivity index (χ2n) is 6.21. The van der Waals surface area contributed by atoms with E-state index in [0.717, 1.165) is 20.7 Å². The van der Waals surface area contributed by atoms with Crippen molar-refractivity contribution in [2.75, 3.05) is 17.6 Å². The number of benzene rings is 2. The molecule has 0 fully saturated rings. The van der Waals surface area contributed by atoms with E-state index in [1.807, 2.05) is 60.7 Å². The fourth-order valence-corrected chi connectivity index (χ4v) is 3.49. The van der Waals surface area contributed by atoms with Crippen molar-refractivity contribution in [3.63, 3.8) is 0 Å². The van der Waals surface area contributed by atoms with E-state index in [2.05, 4.69) is 31.5 Å². The number of hydrogen-bond donors (Lipinski definition) is 2. The van der Waals surface area contributed by atoms with Crippen LogP contribution in [0.1, 0.15) is 15.9 Å². The second-order valence-corrected chi connectivity index (χ2v) is 8.24. The number of rotatable bonds is 8. The van der Waals surface area contributed by atoms with Gasteiger partial charge in [-0.05, 0) is 42.0 Å². The monoisotopic (exact) mass is 469 g/mol. The summed E-state index contributed by atoms with van der Waals surface area (Å²) >= 11 is 4.91. The first-order chi connectivity index (χ1) is 14.1. The number of nitrogens with zero attached hydrogens (tertiary/aromatic N) is 1. The van der Waals surface area contributed by atoms with Gasteiger partial charge in [0.05, 0.1) is 17.0 Å². The summed E-state index contributed by atoms with van der Waals surface area (Å²) in [5.74, 6) is 0.503. The molecule has 1 aromatic heterocycles. The number of carbonyl (C=O) groups is 2. The van der Waals surface area contributed by atoms with E-state index in [1.165, 1.54) is 11.8 Å². The number of aromatic nitrogens is 1. The van der Waals surface area contributed by atoms with Gasteiger partial charge in [0.25, 0.3) is 5.91 Å². The zero-order valence-electron chi connectivity index (χ0n) is 15.6.